The fraction of sp³-hybridized carbons (Fsp3) is 0.870. The number of carbonyl (C=O) groups excluding carboxylic acids is 1. The number of rotatable bonds is 20. The Bertz CT molecular complexity index is 446. The Kier molecular flexibility index (Phi) is 18.3. The first kappa shape index (κ1) is 27.6. The van der Waals surface area contributed by atoms with Crippen LogP contribution in [0.3, 0.4) is 0 Å². The zero-order chi connectivity index (χ0) is 21.1. The molecule has 0 amide bonds. The van der Waals surface area contributed by atoms with Gasteiger partial charge in [-0.25, -0.2) is 0 Å². The van der Waals surface area contributed by atoms with Crippen molar-refractivity contribution in [1.82, 2.24) is 0 Å². The summed E-state index contributed by atoms with van der Waals surface area (Å²) in [6.45, 7) is 5.60. The zero-order valence-electron chi connectivity index (χ0n) is 18.7. The predicted octanol–water partition coefficient (Wildman–Crippen LogP) is 7.59. The van der Waals surface area contributed by atoms with Crippen molar-refractivity contribution >= 4 is 13.4 Å². The number of unbranched alkanes of at least 4 members (excludes halogenated alkanes) is 11. The van der Waals surface area contributed by atoms with E-state index in [1.165, 1.54) is 70.6 Å². The van der Waals surface area contributed by atoms with Crippen LogP contribution in [0.1, 0.15) is 117 Å². The fourth-order valence-electron chi connectivity index (χ4n) is 2.96. The minimum Gasteiger partial charge on any atom is -0.324 e. The molecule has 0 aliphatic carbocycles. The molecule has 1 atom stereocenters. The Morgan fingerprint density at radius 1 is 0.857 bits per heavy atom. The molecule has 0 aromatic carbocycles. The number of allylic oxidation sites excluding steroid dienone is 2. The molecule has 0 bridgehead atoms. The second-order valence-electron chi connectivity index (χ2n) is 8.11. The van der Waals surface area contributed by atoms with Crippen LogP contribution in [-0.4, -0.2) is 22.9 Å². The van der Waals surface area contributed by atoms with Crippen molar-refractivity contribution in [1.29, 1.82) is 0 Å². The van der Waals surface area contributed by atoms with Crippen molar-refractivity contribution in [2.45, 2.75) is 123 Å². The van der Waals surface area contributed by atoms with Crippen molar-refractivity contribution in [2.24, 2.45) is 0 Å². The van der Waals surface area contributed by atoms with Gasteiger partial charge in [0.2, 0.25) is 0 Å². The fourth-order valence-corrected chi connectivity index (χ4v) is 3.61. The van der Waals surface area contributed by atoms with E-state index < -0.39 is 13.3 Å². The molecule has 0 spiro atoms. The first-order valence-electron chi connectivity index (χ1n) is 11.5. The number of Topliss-reactive ketones (excluding diaryl/α,β-unsaturated/α-hetero) is 1. The molecule has 0 aliphatic heterocycles. The largest absolute Gasteiger partial charge is 0.330 e. The van der Waals surface area contributed by atoms with Crippen LogP contribution < -0.4 is 0 Å². The third-order valence-electron chi connectivity index (χ3n) is 5.03. The van der Waals surface area contributed by atoms with E-state index in [2.05, 4.69) is 19.1 Å². The summed E-state index contributed by atoms with van der Waals surface area (Å²) in [5.41, 5.74) is -0.423. The maximum atomic E-state index is 11.8. The number of carbonyl (C=O) groups is 1. The first-order chi connectivity index (χ1) is 13.4. The number of ketones is 1. The van der Waals surface area contributed by atoms with Crippen LogP contribution in [-0.2, 0) is 13.9 Å². The zero-order valence-corrected chi connectivity index (χ0v) is 19.6. The van der Waals surface area contributed by atoms with Crippen LogP contribution in [0.15, 0.2) is 12.2 Å². The molecule has 0 fully saturated rings. The van der Waals surface area contributed by atoms with E-state index in [4.69, 9.17) is 4.52 Å². The smallest absolute Gasteiger partial charge is 0.324 e. The Balaban J connectivity index is 3.37. The molecule has 0 aromatic rings. The van der Waals surface area contributed by atoms with Crippen LogP contribution in [0.25, 0.3) is 0 Å². The Morgan fingerprint density at radius 3 is 1.89 bits per heavy atom. The summed E-state index contributed by atoms with van der Waals surface area (Å²) in [5, 5.41) is 0. The van der Waals surface area contributed by atoms with Gasteiger partial charge in [0, 0.05) is 12.8 Å². The van der Waals surface area contributed by atoms with E-state index in [0.29, 0.717) is 6.42 Å². The van der Waals surface area contributed by atoms with Gasteiger partial charge in [0.1, 0.15) is 5.78 Å². The highest BCUT2D eigenvalue weighted by Crippen LogP contribution is 2.46. The molecule has 0 radical (unpaired) electrons. The molecule has 166 valence electrons. The van der Waals surface area contributed by atoms with Gasteiger partial charge >= 0.3 is 7.60 Å². The Hall–Kier alpha value is -0.440. The van der Waals surface area contributed by atoms with E-state index in [1.807, 2.05) is 0 Å². The van der Waals surface area contributed by atoms with Crippen molar-refractivity contribution in [2.75, 3.05) is 6.61 Å². The molecule has 28 heavy (non-hydrogen) atoms. The lowest BCUT2D eigenvalue weighted by molar-refractivity contribution is -0.119. The summed E-state index contributed by atoms with van der Waals surface area (Å²) in [4.78, 5) is 21.3. The average Bonchev–Trinajstić information content (AvgIpc) is 2.64. The third kappa shape index (κ3) is 17.6. The van der Waals surface area contributed by atoms with Crippen molar-refractivity contribution in [3.8, 4) is 0 Å². The molecule has 0 aliphatic rings. The highest BCUT2D eigenvalue weighted by atomic mass is 31.2. The highest BCUT2D eigenvalue weighted by Gasteiger charge is 2.24. The summed E-state index contributed by atoms with van der Waals surface area (Å²) in [6, 6.07) is 0. The van der Waals surface area contributed by atoms with Crippen LogP contribution in [0.5, 0.6) is 0 Å². The lowest BCUT2D eigenvalue weighted by Crippen LogP contribution is -2.07. The van der Waals surface area contributed by atoms with Crippen LogP contribution in [0.2, 0.25) is 0 Å². The minimum absolute atomic E-state index is 0.0515. The standard InChI is InChI=1S/C23H45O4P/c1-4-5-6-7-8-9-10-11-12-13-14-15-16-17-18-19-23(24)20-21-27-28(25,26)22(2)3/h11-12,22H,4-10,13-21H2,1-3H3,(H,25,26)/b12-11+. The minimum atomic E-state index is -3.54. The van der Waals surface area contributed by atoms with E-state index in [1.54, 1.807) is 13.8 Å². The van der Waals surface area contributed by atoms with Gasteiger partial charge in [-0.1, -0.05) is 84.3 Å². The van der Waals surface area contributed by atoms with Crippen LogP contribution in [0.4, 0.5) is 0 Å². The number of hydrogen-bond donors (Lipinski definition) is 1. The molecule has 0 rings (SSSR count). The van der Waals surface area contributed by atoms with E-state index in [-0.39, 0.29) is 18.8 Å². The summed E-state index contributed by atoms with van der Waals surface area (Å²) < 4.78 is 16.6. The molecular formula is C23H45O4P. The van der Waals surface area contributed by atoms with Gasteiger partial charge in [-0.3, -0.25) is 9.36 Å². The van der Waals surface area contributed by atoms with Gasteiger partial charge in [-0.15, -0.1) is 0 Å². The van der Waals surface area contributed by atoms with Gasteiger partial charge in [-0.05, 0) is 32.1 Å². The van der Waals surface area contributed by atoms with Crippen molar-refractivity contribution < 1.29 is 18.8 Å². The third-order valence-corrected chi connectivity index (χ3v) is 6.88. The summed E-state index contributed by atoms with van der Waals surface area (Å²) in [5.74, 6) is 0.126. The molecule has 0 saturated heterocycles. The van der Waals surface area contributed by atoms with Crippen LogP contribution in [0, 0.1) is 0 Å². The maximum Gasteiger partial charge on any atom is 0.330 e. The molecular weight excluding hydrogens is 371 g/mol. The quantitative estimate of drug-likeness (QED) is 0.126. The highest BCUT2D eigenvalue weighted by molar-refractivity contribution is 7.53. The molecule has 5 heteroatoms. The second-order valence-corrected chi connectivity index (χ2v) is 10.5. The van der Waals surface area contributed by atoms with Gasteiger partial charge in [0.25, 0.3) is 0 Å². The second kappa shape index (κ2) is 18.6. The predicted molar refractivity (Wildman–Crippen MR) is 120 cm³/mol. The summed E-state index contributed by atoms with van der Waals surface area (Å²) >= 11 is 0. The van der Waals surface area contributed by atoms with Gasteiger partial charge in [0.15, 0.2) is 0 Å². The first-order valence-corrected chi connectivity index (χ1v) is 13.2. The molecule has 4 nitrogen and oxygen atoms in total. The monoisotopic (exact) mass is 416 g/mol. The SMILES string of the molecule is CCCCCCCC/C=C/CCCCCCCC(=O)CCOP(=O)(O)C(C)C. The Labute approximate surface area is 174 Å². The van der Waals surface area contributed by atoms with Crippen LogP contribution >= 0.6 is 7.60 Å². The average molecular weight is 417 g/mol. The maximum absolute atomic E-state index is 11.8. The number of hydrogen-bond acceptors (Lipinski definition) is 3. The van der Waals surface area contributed by atoms with E-state index in [0.717, 1.165) is 12.8 Å². The molecule has 0 heterocycles. The van der Waals surface area contributed by atoms with Gasteiger partial charge in [0.05, 0.1) is 12.3 Å². The summed E-state index contributed by atoms with van der Waals surface area (Å²) in [7, 11) is -3.54. The summed E-state index contributed by atoms with van der Waals surface area (Å²) in [6.07, 6.45) is 21.6. The molecule has 1 N–H and O–H groups in total. The molecule has 0 aromatic heterocycles. The van der Waals surface area contributed by atoms with Crippen molar-refractivity contribution in [3.63, 3.8) is 0 Å². The van der Waals surface area contributed by atoms with E-state index in [9.17, 15) is 14.3 Å². The normalized spacial score (nSPS) is 14.0. The van der Waals surface area contributed by atoms with Gasteiger partial charge in [-0.2, -0.15) is 0 Å². The van der Waals surface area contributed by atoms with E-state index >= 15 is 0 Å². The van der Waals surface area contributed by atoms with Gasteiger partial charge < -0.3 is 9.42 Å². The Morgan fingerprint density at radius 2 is 1.36 bits per heavy atom. The molecule has 1 unspecified atom stereocenters. The van der Waals surface area contributed by atoms with Crippen molar-refractivity contribution in [3.05, 3.63) is 12.2 Å². The molecule has 0 saturated carbocycles. The topological polar surface area (TPSA) is 63.6 Å². The lowest BCUT2D eigenvalue weighted by Gasteiger charge is -2.14. The lowest BCUT2D eigenvalue weighted by atomic mass is 10.1.